The maximum atomic E-state index is 11.8. The predicted molar refractivity (Wildman–Crippen MR) is 65.6 cm³/mol. The third-order valence-electron chi connectivity index (χ3n) is 2.99. The third-order valence-corrected chi connectivity index (χ3v) is 2.99. The number of nitrogens with two attached hydrogens (primary N) is 1. The summed E-state index contributed by atoms with van der Waals surface area (Å²) in [4.78, 5) is 24.4. The molecular weight excluding hydrogens is 244 g/mol. The fourth-order valence-corrected chi connectivity index (χ4v) is 2.16. The van der Waals surface area contributed by atoms with Crippen LogP contribution in [-0.4, -0.2) is 17.9 Å². The Balaban J connectivity index is 2.51. The van der Waals surface area contributed by atoms with Gasteiger partial charge >= 0.3 is 0 Å². The first-order valence-electron chi connectivity index (χ1n) is 5.63. The van der Waals surface area contributed by atoms with Gasteiger partial charge in [0.2, 0.25) is 11.8 Å². The molecule has 0 saturated carbocycles. The minimum absolute atomic E-state index is 0.228. The average molecular weight is 254 g/mol. The molecule has 2 N–H and O–H groups in total. The van der Waals surface area contributed by atoms with Crippen molar-refractivity contribution in [3.8, 4) is 12.1 Å². The van der Waals surface area contributed by atoms with E-state index in [0.29, 0.717) is 12.1 Å². The van der Waals surface area contributed by atoms with Crippen LogP contribution in [-0.2, 0) is 9.59 Å². The molecule has 6 nitrogen and oxygen atoms in total. The van der Waals surface area contributed by atoms with Crippen LogP contribution in [0.2, 0.25) is 0 Å². The number of nitriles is 2. The Bertz CT molecular complexity index is 607. The summed E-state index contributed by atoms with van der Waals surface area (Å²) < 4.78 is 0. The lowest BCUT2D eigenvalue weighted by Gasteiger charge is -2.22. The molecule has 1 aromatic carbocycles. The van der Waals surface area contributed by atoms with E-state index < -0.39 is 11.9 Å². The van der Waals surface area contributed by atoms with Crippen LogP contribution in [0.25, 0.3) is 0 Å². The van der Waals surface area contributed by atoms with Crippen LogP contribution >= 0.6 is 0 Å². The summed E-state index contributed by atoms with van der Waals surface area (Å²) in [5.74, 6) is -0.825. The number of carbonyl (C=O) groups is 2. The van der Waals surface area contributed by atoms with Gasteiger partial charge in [-0.15, -0.1) is 0 Å². The SMILES string of the molecule is N#Cc1cc(C#N)cc(N2C(=O)CCC2C(N)=O)c1. The molecule has 1 atom stereocenters. The van der Waals surface area contributed by atoms with Gasteiger partial charge in [0.1, 0.15) is 6.04 Å². The fourth-order valence-electron chi connectivity index (χ4n) is 2.16. The number of benzene rings is 1. The molecule has 94 valence electrons. The van der Waals surface area contributed by atoms with E-state index in [4.69, 9.17) is 16.3 Å². The Morgan fingerprint density at radius 2 is 1.84 bits per heavy atom. The van der Waals surface area contributed by atoms with Crippen molar-refractivity contribution in [1.82, 2.24) is 0 Å². The normalized spacial score (nSPS) is 17.9. The van der Waals surface area contributed by atoms with Gasteiger partial charge in [0.05, 0.1) is 23.3 Å². The molecule has 1 unspecified atom stereocenters. The Kier molecular flexibility index (Phi) is 3.17. The highest BCUT2D eigenvalue weighted by Crippen LogP contribution is 2.28. The van der Waals surface area contributed by atoms with Gasteiger partial charge in [0, 0.05) is 12.1 Å². The maximum absolute atomic E-state index is 11.8. The van der Waals surface area contributed by atoms with Gasteiger partial charge in [0.25, 0.3) is 0 Å². The maximum Gasteiger partial charge on any atom is 0.240 e. The molecule has 0 aliphatic carbocycles. The zero-order valence-electron chi connectivity index (χ0n) is 9.96. The van der Waals surface area contributed by atoms with Gasteiger partial charge < -0.3 is 5.73 Å². The van der Waals surface area contributed by atoms with Crippen molar-refractivity contribution in [2.24, 2.45) is 5.73 Å². The summed E-state index contributed by atoms with van der Waals surface area (Å²) in [6.45, 7) is 0. The first-order chi connectivity index (χ1) is 9.06. The second-order valence-electron chi connectivity index (χ2n) is 4.21. The van der Waals surface area contributed by atoms with Gasteiger partial charge in [-0.2, -0.15) is 10.5 Å². The Morgan fingerprint density at radius 3 is 2.32 bits per heavy atom. The number of amides is 2. The van der Waals surface area contributed by atoms with Crippen LogP contribution in [0.5, 0.6) is 0 Å². The highest BCUT2D eigenvalue weighted by molar-refractivity contribution is 6.03. The number of carbonyl (C=O) groups excluding carboxylic acids is 2. The summed E-state index contributed by atoms with van der Waals surface area (Å²) in [6.07, 6.45) is 0.582. The highest BCUT2D eigenvalue weighted by atomic mass is 16.2. The van der Waals surface area contributed by atoms with Crippen molar-refractivity contribution in [3.05, 3.63) is 29.3 Å². The molecule has 0 radical (unpaired) electrons. The molecule has 6 heteroatoms. The van der Waals surface area contributed by atoms with E-state index in [1.807, 2.05) is 12.1 Å². The van der Waals surface area contributed by atoms with Crippen LogP contribution in [0.1, 0.15) is 24.0 Å². The zero-order chi connectivity index (χ0) is 14.0. The van der Waals surface area contributed by atoms with E-state index >= 15 is 0 Å². The Morgan fingerprint density at radius 1 is 1.26 bits per heavy atom. The van der Waals surface area contributed by atoms with Crippen molar-refractivity contribution >= 4 is 17.5 Å². The second-order valence-corrected chi connectivity index (χ2v) is 4.21. The lowest BCUT2D eigenvalue weighted by molar-refractivity contribution is -0.121. The number of rotatable bonds is 2. The monoisotopic (exact) mass is 254 g/mol. The summed E-state index contributed by atoms with van der Waals surface area (Å²) in [6, 6.07) is 7.49. The first-order valence-corrected chi connectivity index (χ1v) is 5.63. The lowest BCUT2D eigenvalue weighted by Crippen LogP contribution is -2.42. The zero-order valence-corrected chi connectivity index (χ0v) is 9.96. The predicted octanol–water partition coefficient (Wildman–Crippen LogP) is 0.411. The molecule has 0 aromatic heterocycles. The minimum Gasteiger partial charge on any atom is -0.368 e. The first kappa shape index (κ1) is 12.6. The van der Waals surface area contributed by atoms with E-state index in [2.05, 4.69) is 0 Å². The molecule has 2 rings (SSSR count). The summed E-state index contributed by atoms with van der Waals surface area (Å²) in [5, 5.41) is 17.8. The van der Waals surface area contributed by atoms with Gasteiger partial charge in [0.15, 0.2) is 0 Å². The van der Waals surface area contributed by atoms with Gasteiger partial charge in [-0.1, -0.05) is 0 Å². The molecule has 1 fully saturated rings. The van der Waals surface area contributed by atoms with Crippen LogP contribution in [0.4, 0.5) is 5.69 Å². The molecule has 2 amide bonds. The van der Waals surface area contributed by atoms with Gasteiger partial charge in [-0.25, -0.2) is 0 Å². The third kappa shape index (κ3) is 2.24. The standard InChI is InChI=1S/C13H10N4O2/c14-6-8-3-9(7-15)5-10(4-8)17-11(13(16)19)1-2-12(17)18/h3-5,11H,1-2H2,(H2,16,19). The molecule has 1 heterocycles. The molecule has 1 aliphatic heterocycles. The average Bonchev–Trinajstić information content (AvgIpc) is 2.80. The second kappa shape index (κ2) is 4.79. The van der Waals surface area contributed by atoms with Crippen molar-refractivity contribution in [2.75, 3.05) is 4.90 Å². The van der Waals surface area contributed by atoms with Crippen molar-refractivity contribution in [2.45, 2.75) is 18.9 Å². The van der Waals surface area contributed by atoms with Crippen LogP contribution in [0, 0.1) is 22.7 Å². The van der Waals surface area contributed by atoms with E-state index in [1.54, 1.807) is 0 Å². The van der Waals surface area contributed by atoms with E-state index in [1.165, 1.54) is 23.1 Å². The quantitative estimate of drug-likeness (QED) is 0.823. The van der Waals surface area contributed by atoms with E-state index in [0.717, 1.165) is 0 Å². The van der Waals surface area contributed by atoms with E-state index in [-0.39, 0.29) is 23.5 Å². The van der Waals surface area contributed by atoms with Crippen molar-refractivity contribution in [3.63, 3.8) is 0 Å². The number of nitrogens with zero attached hydrogens (tertiary/aromatic N) is 3. The number of hydrogen-bond donors (Lipinski definition) is 1. The van der Waals surface area contributed by atoms with Gasteiger partial charge in [-0.05, 0) is 24.6 Å². The summed E-state index contributed by atoms with van der Waals surface area (Å²) in [5.41, 5.74) is 6.15. The molecule has 19 heavy (non-hydrogen) atoms. The van der Waals surface area contributed by atoms with Crippen LogP contribution in [0.3, 0.4) is 0 Å². The molecule has 0 bridgehead atoms. The summed E-state index contributed by atoms with van der Waals surface area (Å²) >= 11 is 0. The van der Waals surface area contributed by atoms with Crippen molar-refractivity contribution < 1.29 is 9.59 Å². The minimum atomic E-state index is -0.715. The molecule has 1 saturated heterocycles. The molecular formula is C13H10N4O2. The van der Waals surface area contributed by atoms with Crippen LogP contribution < -0.4 is 10.6 Å². The summed E-state index contributed by atoms with van der Waals surface area (Å²) in [7, 11) is 0. The number of anilines is 1. The molecule has 0 spiro atoms. The molecule has 1 aromatic rings. The Labute approximate surface area is 109 Å². The van der Waals surface area contributed by atoms with Crippen LogP contribution in [0.15, 0.2) is 18.2 Å². The lowest BCUT2D eigenvalue weighted by atomic mass is 10.1. The van der Waals surface area contributed by atoms with E-state index in [9.17, 15) is 9.59 Å². The highest BCUT2D eigenvalue weighted by Gasteiger charge is 2.36. The fraction of sp³-hybridized carbons (Fsp3) is 0.231. The molecule has 1 aliphatic rings. The smallest absolute Gasteiger partial charge is 0.240 e. The Hall–Kier alpha value is -2.86. The van der Waals surface area contributed by atoms with Crippen molar-refractivity contribution in [1.29, 1.82) is 10.5 Å². The topological polar surface area (TPSA) is 111 Å². The number of hydrogen-bond acceptors (Lipinski definition) is 4. The van der Waals surface area contributed by atoms with Gasteiger partial charge in [-0.3, -0.25) is 14.5 Å². The number of primary amides is 1. The largest absolute Gasteiger partial charge is 0.368 e.